The van der Waals surface area contributed by atoms with E-state index in [4.69, 9.17) is 0 Å². The standard InChI is InChI=1S/C34H44N4O5/c39-30(22-33(41)42)28(19-25-13-6-2-7-14-25)38-34(43)29(37-32(40)18-10-17-24-11-4-1-5-12-24)21-27-23-35-31(36-27)20-26-15-8-3-9-16-26/h1,3-5,8-9,11-12,15-16,23,25,28-30,39H,2,6-7,10,13-14,17-22H2,(H,35,36)(H,37,40)(H,38,43)(H,41,42)/t28?,29-,30?/m0/s1. The molecule has 1 fully saturated rings. The Labute approximate surface area is 253 Å². The van der Waals surface area contributed by atoms with Crippen LogP contribution in [0.1, 0.15) is 80.4 Å². The Balaban J connectivity index is 1.44. The van der Waals surface area contributed by atoms with Crippen LogP contribution in [0.2, 0.25) is 0 Å². The van der Waals surface area contributed by atoms with Crippen molar-refractivity contribution in [1.29, 1.82) is 0 Å². The van der Waals surface area contributed by atoms with Crippen LogP contribution >= 0.6 is 0 Å². The van der Waals surface area contributed by atoms with E-state index in [0.29, 0.717) is 30.9 Å². The number of aryl methyl sites for hydroxylation is 1. The molecule has 1 saturated carbocycles. The largest absolute Gasteiger partial charge is 0.481 e. The minimum atomic E-state index is -1.23. The number of carbonyl (C=O) groups excluding carboxylic acids is 2. The van der Waals surface area contributed by atoms with E-state index in [9.17, 15) is 24.6 Å². The fourth-order valence-corrected chi connectivity index (χ4v) is 5.87. The van der Waals surface area contributed by atoms with Crippen LogP contribution in [0.25, 0.3) is 0 Å². The van der Waals surface area contributed by atoms with Gasteiger partial charge in [0.05, 0.1) is 24.3 Å². The maximum absolute atomic E-state index is 13.7. The minimum absolute atomic E-state index is 0.159. The number of H-pyrrole nitrogens is 1. The molecule has 2 amide bonds. The zero-order valence-corrected chi connectivity index (χ0v) is 24.7. The first kappa shape index (κ1) is 31.9. The summed E-state index contributed by atoms with van der Waals surface area (Å²) in [4.78, 5) is 46.0. The quantitative estimate of drug-likeness (QED) is 0.168. The van der Waals surface area contributed by atoms with Crippen LogP contribution in [-0.4, -0.2) is 56.2 Å². The number of rotatable bonds is 16. The molecule has 1 aliphatic rings. The van der Waals surface area contributed by atoms with Gasteiger partial charge in [-0.3, -0.25) is 14.4 Å². The molecule has 9 heteroatoms. The van der Waals surface area contributed by atoms with Crippen molar-refractivity contribution < 1.29 is 24.6 Å². The average molecular weight is 589 g/mol. The van der Waals surface area contributed by atoms with E-state index in [1.54, 1.807) is 6.20 Å². The number of aliphatic hydroxyl groups excluding tert-OH is 1. The summed E-state index contributed by atoms with van der Waals surface area (Å²) in [6.07, 6.45) is 8.29. The molecule has 3 aromatic rings. The van der Waals surface area contributed by atoms with E-state index in [1.165, 1.54) is 6.42 Å². The van der Waals surface area contributed by atoms with Crippen molar-refractivity contribution in [2.75, 3.05) is 0 Å². The molecule has 1 aromatic heterocycles. The lowest BCUT2D eigenvalue weighted by atomic mass is 9.83. The maximum atomic E-state index is 13.7. The summed E-state index contributed by atoms with van der Waals surface area (Å²) in [7, 11) is 0. The lowest BCUT2D eigenvalue weighted by molar-refractivity contribution is -0.140. The number of aromatic amines is 1. The number of nitrogens with one attached hydrogen (secondary N) is 3. The first-order valence-corrected chi connectivity index (χ1v) is 15.5. The van der Waals surface area contributed by atoms with Crippen molar-refractivity contribution in [3.63, 3.8) is 0 Å². The minimum Gasteiger partial charge on any atom is -0.481 e. The van der Waals surface area contributed by atoms with E-state index in [0.717, 1.165) is 49.1 Å². The number of carboxylic acids is 1. The van der Waals surface area contributed by atoms with E-state index in [-0.39, 0.29) is 18.7 Å². The number of hydrogen-bond donors (Lipinski definition) is 5. The second kappa shape index (κ2) is 16.6. The van der Waals surface area contributed by atoms with Gasteiger partial charge in [0.1, 0.15) is 11.9 Å². The van der Waals surface area contributed by atoms with E-state index < -0.39 is 36.5 Å². The Morgan fingerprint density at radius 1 is 0.930 bits per heavy atom. The number of aromatic nitrogens is 2. The van der Waals surface area contributed by atoms with Crippen molar-refractivity contribution in [3.8, 4) is 0 Å². The molecule has 2 unspecified atom stereocenters. The van der Waals surface area contributed by atoms with Gasteiger partial charge in [-0.1, -0.05) is 92.8 Å². The van der Waals surface area contributed by atoms with Gasteiger partial charge >= 0.3 is 5.97 Å². The Morgan fingerprint density at radius 3 is 2.28 bits per heavy atom. The molecule has 0 aliphatic heterocycles. The van der Waals surface area contributed by atoms with E-state index in [2.05, 4.69) is 20.6 Å². The Hall–Kier alpha value is -3.98. The van der Waals surface area contributed by atoms with Crippen molar-refractivity contribution in [2.24, 2.45) is 5.92 Å². The van der Waals surface area contributed by atoms with Crippen molar-refractivity contribution in [3.05, 3.63) is 89.5 Å². The van der Waals surface area contributed by atoms with Gasteiger partial charge in [0, 0.05) is 25.5 Å². The molecule has 2 aromatic carbocycles. The SMILES string of the molecule is O=C(O)CC(O)C(CC1CCCCC1)NC(=O)[C@H](Cc1c[nH]c(Cc2ccccc2)n1)NC(=O)CCCc1ccccc1. The highest BCUT2D eigenvalue weighted by Gasteiger charge is 2.31. The van der Waals surface area contributed by atoms with Crippen molar-refractivity contribution in [1.82, 2.24) is 20.6 Å². The van der Waals surface area contributed by atoms with E-state index in [1.807, 2.05) is 60.7 Å². The fraction of sp³-hybridized carbons (Fsp3) is 0.471. The van der Waals surface area contributed by atoms with Gasteiger partial charge < -0.3 is 25.8 Å². The van der Waals surface area contributed by atoms with Crippen LogP contribution in [0, 0.1) is 5.92 Å². The van der Waals surface area contributed by atoms with Crippen LogP contribution in [-0.2, 0) is 33.6 Å². The molecule has 9 nitrogen and oxygen atoms in total. The summed E-state index contributed by atoms with van der Waals surface area (Å²) in [5.74, 6) is -0.761. The highest BCUT2D eigenvalue weighted by molar-refractivity contribution is 5.88. The highest BCUT2D eigenvalue weighted by atomic mass is 16.4. The zero-order valence-electron chi connectivity index (χ0n) is 24.7. The first-order valence-electron chi connectivity index (χ1n) is 15.5. The van der Waals surface area contributed by atoms with Gasteiger partial charge in [-0.05, 0) is 36.3 Å². The summed E-state index contributed by atoms with van der Waals surface area (Å²) in [5.41, 5.74) is 2.87. The van der Waals surface area contributed by atoms with Crippen molar-refractivity contribution >= 4 is 17.8 Å². The second-order valence-electron chi connectivity index (χ2n) is 11.7. The molecule has 5 N–H and O–H groups in total. The highest BCUT2D eigenvalue weighted by Crippen LogP contribution is 2.28. The summed E-state index contributed by atoms with van der Waals surface area (Å²) < 4.78 is 0. The molecule has 43 heavy (non-hydrogen) atoms. The molecule has 3 atom stereocenters. The fourth-order valence-electron chi connectivity index (χ4n) is 5.87. The molecule has 0 spiro atoms. The van der Waals surface area contributed by atoms with Gasteiger partial charge in [0.25, 0.3) is 0 Å². The molecule has 1 heterocycles. The van der Waals surface area contributed by atoms with Gasteiger partial charge in [0.2, 0.25) is 11.8 Å². The summed E-state index contributed by atoms with van der Waals surface area (Å²) in [5, 5.41) is 25.9. The van der Waals surface area contributed by atoms with Crippen LogP contribution in [0.15, 0.2) is 66.9 Å². The molecule has 0 bridgehead atoms. The molecule has 230 valence electrons. The normalized spacial score (nSPS) is 15.7. The Bertz CT molecular complexity index is 1290. The third kappa shape index (κ3) is 11.0. The number of hydrogen-bond acceptors (Lipinski definition) is 5. The number of aliphatic hydroxyl groups is 1. The number of benzene rings is 2. The summed E-state index contributed by atoms with van der Waals surface area (Å²) in [6.45, 7) is 0. The number of amides is 2. The molecular weight excluding hydrogens is 544 g/mol. The van der Waals surface area contributed by atoms with Crippen molar-refractivity contribution in [2.45, 2.75) is 95.2 Å². The second-order valence-corrected chi connectivity index (χ2v) is 11.7. The van der Waals surface area contributed by atoms with Gasteiger partial charge in [-0.15, -0.1) is 0 Å². The average Bonchev–Trinajstić information content (AvgIpc) is 3.44. The topological polar surface area (TPSA) is 144 Å². The van der Waals surface area contributed by atoms with Gasteiger partial charge in [-0.2, -0.15) is 0 Å². The van der Waals surface area contributed by atoms with Crippen LogP contribution in [0.4, 0.5) is 0 Å². The number of imidazole rings is 1. The number of carbonyl (C=O) groups is 3. The molecule has 4 rings (SSSR count). The van der Waals surface area contributed by atoms with Crippen LogP contribution < -0.4 is 10.6 Å². The molecule has 0 radical (unpaired) electrons. The predicted molar refractivity (Wildman–Crippen MR) is 164 cm³/mol. The van der Waals surface area contributed by atoms with Gasteiger partial charge in [0.15, 0.2) is 0 Å². The summed E-state index contributed by atoms with van der Waals surface area (Å²) >= 11 is 0. The molecular formula is C34H44N4O5. The van der Waals surface area contributed by atoms with Crippen LogP contribution in [0.3, 0.4) is 0 Å². The smallest absolute Gasteiger partial charge is 0.306 e. The summed E-state index contributed by atoms with van der Waals surface area (Å²) in [6, 6.07) is 18.2. The monoisotopic (exact) mass is 588 g/mol. The van der Waals surface area contributed by atoms with Gasteiger partial charge in [-0.25, -0.2) is 4.98 Å². The zero-order chi connectivity index (χ0) is 30.4. The Morgan fingerprint density at radius 2 is 1.60 bits per heavy atom. The maximum Gasteiger partial charge on any atom is 0.306 e. The lowest BCUT2D eigenvalue weighted by Gasteiger charge is -2.31. The number of nitrogens with zero attached hydrogens (tertiary/aromatic N) is 1. The van der Waals surface area contributed by atoms with Crippen LogP contribution in [0.5, 0.6) is 0 Å². The first-order chi connectivity index (χ1) is 20.9. The molecule has 0 saturated heterocycles. The lowest BCUT2D eigenvalue weighted by Crippen LogP contribution is -2.54. The van der Waals surface area contributed by atoms with E-state index >= 15 is 0 Å². The number of aliphatic carboxylic acids is 1. The third-order valence-corrected chi connectivity index (χ3v) is 8.16. The third-order valence-electron chi connectivity index (χ3n) is 8.16. The Kier molecular flexibility index (Phi) is 12.3. The molecule has 1 aliphatic carbocycles. The predicted octanol–water partition coefficient (Wildman–Crippen LogP) is 4.34. The number of carboxylic acid groups (broad SMARTS) is 1.